The van der Waals surface area contributed by atoms with Gasteiger partial charge in [0, 0.05) is 11.1 Å². The number of hydrogen-bond donors (Lipinski definition) is 0. The third-order valence-corrected chi connectivity index (χ3v) is 3.69. The van der Waals surface area contributed by atoms with Gasteiger partial charge in [-0.2, -0.15) is 0 Å². The maximum Gasteiger partial charge on any atom is 0.119 e. The fourth-order valence-electron chi connectivity index (χ4n) is 2.35. The van der Waals surface area contributed by atoms with Crippen molar-refractivity contribution < 1.29 is 4.74 Å². The molecule has 0 radical (unpaired) electrons. The molecule has 0 unspecified atom stereocenters. The van der Waals surface area contributed by atoms with Gasteiger partial charge in [0.2, 0.25) is 0 Å². The molecule has 0 amide bonds. The van der Waals surface area contributed by atoms with Gasteiger partial charge in [0.25, 0.3) is 0 Å². The van der Waals surface area contributed by atoms with E-state index in [2.05, 4.69) is 55.2 Å². The summed E-state index contributed by atoms with van der Waals surface area (Å²) in [6.45, 7) is 4.88. The Morgan fingerprint density at radius 3 is 1.96 bits per heavy atom. The summed E-state index contributed by atoms with van der Waals surface area (Å²) in [5, 5.41) is 0. The smallest absolute Gasteiger partial charge is 0.119 e. The van der Waals surface area contributed by atoms with Gasteiger partial charge in [-0.3, -0.25) is 0 Å². The van der Waals surface area contributed by atoms with E-state index in [1.165, 1.54) is 18.4 Å². The van der Waals surface area contributed by atoms with Crippen molar-refractivity contribution in [3.8, 4) is 17.6 Å². The van der Waals surface area contributed by atoms with Crippen LogP contribution in [0.4, 0.5) is 0 Å². The molecular formula is C23H26O. The van der Waals surface area contributed by atoms with Crippen molar-refractivity contribution in [2.24, 2.45) is 0 Å². The summed E-state index contributed by atoms with van der Waals surface area (Å²) in [6, 6.07) is 16.5. The molecule has 24 heavy (non-hydrogen) atoms. The Hall–Kier alpha value is -2.46. The summed E-state index contributed by atoms with van der Waals surface area (Å²) >= 11 is 0. The molecule has 2 aromatic rings. The lowest BCUT2D eigenvalue weighted by atomic mass is 10.1. The largest absolute Gasteiger partial charge is 0.494 e. The SMILES string of the molecule is CCCC=CCCc1ccc(C#Cc2ccc(OCC)cc2)cc1. The molecule has 1 nitrogen and oxygen atoms in total. The molecule has 0 spiro atoms. The highest BCUT2D eigenvalue weighted by molar-refractivity contribution is 5.44. The molecule has 0 saturated carbocycles. The van der Waals surface area contributed by atoms with E-state index in [0.717, 1.165) is 29.7 Å². The van der Waals surface area contributed by atoms with Crippen LogP contribution in [-0.4, -0.2) is 6.61 Å². The maximum atomic E-state index is 5.44. The Kier molecular flexibility index (Phi) is 7.71. The lowest BCUT2D eigenvalue weighted by Crippen LogP contribution is -1.90. The first kappa shape index (κ1) is 17.9. The Labute approximate surface area is 146 Å². The highest BCUT2D eigenvalue weighted by atomic mass is 16.5. The van der Waals surface area contributed by atoms with Crippen LogP contribution in [-0.2, 0) is 6.42 Å². The van der Waals surface area contributed by atoms with Crippen molar-refractivity contribution in [2.75, 3.05) is 6.61 Å². The van der Waals surface area contributed by atoms with Crippen LogP contribution < -0.4 is 4.74 Å². The zero-order valence-electron chi connectivity index (χ0n) is 14.7. The predicted octanol–water partition coefficient (Wildman–Crippen LogP) is 5.77. The van der Waals surface area contributed by atoms with E-state index in [1.807, 2.05) is 31.2 Å². The molecule has 2 rings (SSSR count). The first-order valence-corrected chi connectivity index (χ1v) is 8.80. The van der Waals surface area contributed by atoms with E-state index in [0.29, 0.717) is 6.61 Å². The van der Waals surface area contributed by atoms with Gasteiger partial charge in [-0.25, -0.2) is 0 Å². The zero-order chi connectivity index (χ0) is 17.0. The maximum absolute atomic E-state index is 5.44. The van der Waals surface area contributed by atoms with Gasteiger partial charge < -0.3 is 4.74 Å². The summed E-state index contributed by atoms with van der Waals surface area (Å²) in [7, 11) is 0. The van der Waals surface area contributed by atoms with Crippen LogP contribution in [0.25, 0.3) is 0 Å². The second kappa shape index (κ2) is 10.3. The van der Waals surface area contributed by atoms with E-state index in [-0.39, 0.29) is 0 Å². The first-order chi connectivity index (χ1) is 11.8. The first-order valence-electron chi connectivity index (χ1n) is 8.80. The zero-order valence-corrected chi connectivity index (χ0v) is 14.7. The van der Waals surface area contributed by atoms with Crippen molar-refractivity contribution in [3.05, 3.63) is 77.4 Å². The summed E-state index contributed by atoms with van der Waals surface area (Å²) in [5.74, 6) is 7.31. The van der Waals surface area contributed by atoms with E-state index in [4.69, 9.17) is 4.74 Å². The number of hydrogen-bond acceptors (Lipinski definition) is 1. The van der Waals surface area contributed by atoms with Crippen molar-refractivity contribution in [1.82, 2.24) is 0 Å². The molecule has 1 heteroatoms. The number of allylic oxidation sites excluding steroid dienone is 2. The average Bonchev–Trinajstić information content (AvgIpc) is 2.62. The summed E-state index contributed by atoms with van der Waals surface area (Å²) in [5.41, 5.74) is 3.42. The predicted molar refractivity (Wildman–Crippen MR) is 102 cm³/mol. The van der Waals surface area contributed by atoms with Crippen LogP contribution in [0.5, 0.6) is 5.75 Å². The van der Waals surface area contributed by atoms with Crippen molar-refractivity contribution in [3.63, 3.8) is 0 Å². The van der Waals surface area contributed by atoms with Crippen molar-refractivity contribution >= 4 is 0 Å². The third kappa shape index (κ3) is 6.34. The summed E-state index contributed by atoms with van der Waals surface area (Å²) in [4.78, 5) is 0. The van der Waals surface area contributed by atoms with Gasteiger partial charge in [-0.15, -0.1) is 0 Å². The van der Waals surface area contributed by atoms with E-state index in [1.54, 1.807) is 0 Å². The molecule has 0 aliphatic rings. The lowest BCUT2D eigenvalue weighted by molar-refractivity contribution is 0.340. The number of benzene rings is 2. The number of ether oxygens (including phenoxy) is 1. The second-order valence-electron chi connectivity index (χ2n) is 5.70. The highest BCUT2D eigenvalue weighted by Gasteiger charge is 1.93. The minimum Gasteiger partial charge on any atom is -0.494 e. The topological polar surface area (TPSA) is 9.23 Å². The fraction of sp³-hybridized carbons (Fsp3) is 0.304. The summed E-state index contributed by atoms with van der Waals surface area (Å²) < 4.78 is 5.44. The number of rotatable bonds is 7. The van der Waals surface area contributed by atoms with Gasteiger partial charge in [-0.1, -0.05) is 49.5 Å². The van der Waals surface area contributed by atoms with Crippen LogP contribution in [0.15, 0.2) is 60.7 Å². The number of unbranched alkanes of at least 4 members (excludes halogenated alkanes) is 1. The Balaban J connectivity index is 1.89. The molecular weight excluding hydrogens is 292 g/mol. The van der Waals surface area contributed by atoms with Crippen LogP contribution in [0.3, 0.4) is 0 Å². The summed E-state index contributed by atoms with van der Waals surface area (Å²) in [6.07, 6.45) is 9.15. The highest BCUT2D eigenvalue weighted by Crippen LogP contribution is 2.12. The standard InChI is InChI=1S/C23H26O/c1-3-5-6-7-8-9-20-10-12-21(13-11-20)14-15-22-16-18-23(19-17-22)24-4-2/h6-7,10-13,16-19H,3-5,8-9H2,1-2H3. The van der Waals surface area contributed by atoms with Crippen molar-refractivity contribution in [1.29, 1.82) is 0 Å². The van der Waals surface area contributed by atoms with Crippen LogP contribution in [0, 0.1) is 11.8 Å². The van der Waals surface area contributed by atoms with E-state index >= 15 is 0 Å². The van der Waals surface area contributed by atoms with Gasteiger partial charge in [0.1, 0.15) is 5.75 Å². The lowest BCUT2D eigenvalue weighted by Gasteiger charge is -2.01. The normalized spacial score (nSPS) is 10.4. The third-order valence-electron chi connectivity index (χ3n) is 3.69. The van der Waals surface area contributed by atoms with Crippen LogP contribution in [0.2, 0.25) is 0 Å². The molecule has 0 aliphatic carbocycles. The average molecular weight is 318 g/mol. The molecule has 0 aliphatic heterocycles. The van der Waals surface area contributed by atoms with E-state index < -0.39 is 0 Å². The molecule has 0 fully saturated rings. The van der Waals surface area contributed by atoms with Crippen LogP contribution in [0.1, 0.15) is 49.8 Å². The molecule has 2 aromatic carbocycles. The molecule has 0 heterocycles. The monoisotopic (exact) mass is 318 g/mol. The number of aryl methyl sites for hydroxylation is 1. The Morgan fingerprint density at radius 2 is 1.38 bits per heavy atom. The fourth-order valence-corrected chi connectivity index (χ4v) is 2.35. The Morgan fingerprint density at radius 1 is 0.792 bits per heavy atom. The minimum atomic E-state index is 0.686. The van der Waals surface area contributed by atoms with Gasteiger partial charge in [0.05, 0.1) is 6.61 Å². The van der Waals surface area contributed by atoms with Crippen LogP contribution >= 0.6 is 0 Å². The van der Waals surface area contributed by atoms with Gasteiger partial charge >= 0.3 is 0 Å². The molecule has 0 saturated heterocycles. The van der Waals surface area contributed by atoms with E-state index in [9.17, 15) is 0 Å². The molecule has 0 atom stereocenters. The molecule has 124 valence electrons. The Bertz CT molecular complexity index is 682. The van der Waals surface area contributed by atoms with Gasteiger partial charge in [0.15, 0.2) is 0 Å². The quantitative estimate of drug-likeness (QED) is 0.465. The van der Waals surface area contributed by atoms with Crippen molar-refractivity contribution in [2.45, 2.75) is 39.5 Å². The van der Waals surface area contributed by atoms with Gasteiger partial charge in [-0.05, 0) is 68.1 Å². The molecule has 0 N–H and O–H groups in total. The second-order valence-corrected chi connectivity index (χ2v) is 5.70. The minimum absolute atomic E-state index is 0.686. The molecule has 0 aromatic heterocycles. The molecule has 0 bridgehead atoms.